The van der Waals surface area contributed by atoms with Crippen LogP contribution in [0.15, 0.2) is 0 Å². The van der Waals surface area contributed by atoms with Crippen molar-refractivity contribution in [1.29, 1.82) is 0 Å². The average Bonchev–Trinajstić information content (AvgIpc) is 2.66. The van der Waals surface area contributed by atoms with E-state index < -0.39 is 6.64 Å². The van der Waals surface area contributed by atoms with Crippen molar-refractivity contribution in [1.82, 2.24) is 4.67 Å². The molecule has 3 nitrogen and oxygen atoms in total. The van der Waals surface area contributed by atoms with E-state index in [-0.39, 0.29) is 0 Å². The molecule has 0 spiro atoms. The molecule has 0 bridgehead atoms. The summed E-state index contributed by atoms with van der Waals surface area (Å²) in [4.78, 5) is 0. The van der Waals surface area contributed by atoms with E-state index >= 15 is 0 Å². The molecule has 1 aliphatic heterocycles. The fourth-order valence-corrected chi connectivity index (χ4v) is 3.02. The van der Waals surface area contributed by atoms with E-state index in [1.54, 1.807) is 14.2 Å². The maximum absolute atomic E-state index is 5.16. The van der Waals surface area contributed by atoms with Gasteiger partial charge in [0, 0.05) is 26.8 Å². The normalized spacial score (nSPS) is 32.3. The summed E-state index contributed by atoms with van der Waals surface area (Å²) in [5.41, 5.74) is 0. The molecule has 1 fully saturated rings. The number of hydrogen-bond donors (Lipinski definition) is 0. The Balaban J connectivity index is 2.57. The topological polar surface area (TPSA) is 21.5 Å². The van der Waals surface area contributed by atoms with Crippen LogP contribution in [0, 0.1) is 0 Å². The van der Waals surface area contributed by atoms with E-state index in [1.807, 2.05) is 0 Å². The molecule has 0 saturated carbocycles. The van der Waals surface area contributed by atoms with Crippen LogP contribution in [0.25, 0.3) is 0 Å². The molecule has 0 amide bonds. The molecule has 0 radical (unpaired) electrons. The highest BCUT2D eigenvalue weighted by atomic mass is 32.5. The van der Waals surface area contributed by atoms with Crippen LogP contribution in [-0.2, 0) is 20.9 Å². The molecule has 1 saturated heterocycles. The van der Waals surface area contributed by atoms with Gasteiger partial charge in [-0.25, -0.2) is 4.67 Å². The van der Waals surface area contributed by atoms with Crippen molar-refractivity contribution in [2.24, 2.45) is 0 Å². The minimum Gasteiger partial charge on any atom is -0.321 e. The molecule has 1 rings (SSSR count). The summed E-state index contributed by atoms with van der Waals surface area (Å²) >= 11 is 5.16. The Morgan fingerprint density at radius 2 is 1.90 bits per heavy atom. The number of hydrogen-bond acceptors (Lipinski definition) is 3. The molecule has 10 heavy (non-hydrogen) atoms. The molecule has 0 N–H and O–H groups in total. The number of nitrogens with zero attached hydrogens (tertiary/aromatic N) is 1. The smallest absolute Gasteiger partial charge is 0.263 e. The maximum atomic E-state index is 5.16. The van der Waals surface area contributed by atoms with Gasteiger partial charge in [0.1, 0.15) is 0 Å². The van der Waals surface area contributed by atoms with Crippen LogP contribution in [0.2, 0.25) is 0 Å². The van der Waals surface area contributed by atoms with Gasteiger partial charge in [0.05, 0.1) is 0 Å². The predicted octanol–water partition coefficient (Wildman–Crippen LogP) is 1.21. The molecule has 0 aromatic rings. The first-order valence-corrected chi connectivity index (χ1v) is 5.72. The first kappa shape index (κ1) is 8.62. The molecule has 0 aliphatic carbocycles. The zero-order valence-electron chi connectivity index (χ0n) is 6.40. The van der Waals surface area contributed by atoms with Gasteiger partial charge in [0.2, 0.25) is 0 Å². The molecule has 2 unspecified atom stereocenters. The fraction of sp³-hybridized carbons (Fsp3) is 1.00. The summed E-state index contributed by atoms with van der Waals surface area (Å²) < 4.78 is 12.3. The average molecular weight is 181 g/mol. The van der Waals surface area contributed by atoms with Gasteiger partial charge in [-0.3, -0.25) is 0 Å². The molecule has 1 heterocycles. The Morgan fingerprint density at radius 1 is 1.50 bits per heavy atom. The quantitative estimate of drug-likeness (QED) is 0.482. The van der Waals surface area contributed by atoms with E-state index in [4.69, 9.17) is 20.9 Å². The van der Waals surface area contributed by atoms with Crippen LogP contribution < -0.4 is 0 Å². The van der Waals surface area contributed by atoms with Gasteiger partial charge in [0.25, 0.3) is 6.64 Å². The SMILES string of the molecule is COP(=S)(OC)N1CC1C. The summed E-state index contributed by atoms with van der Waals surface area (Å²) in [6, 6.07) is 0.547. The Hall–Kier alpha value is 0.530. The summed E-state index contributed by atoms with van der Waals surface area (Å²) in [6.07, 6.45) is 0. The standard InChI is InChI=1S/C5H12NO2PS/c1-5-4-6(5)9(10,7-2)8-3/h5H,4H2,1-3H3. The fourth-order valence-electron chi connectivity index (χ4n) is 0.849. The molecule has 1 aliphatic rings. The van der Waals surface area contributed by atoms with E-state index in [0.29, 0.717) is 6.04 Å². The molecule has 0 aromatic heterocycles. The van der Waals surface area contributed by atoms with Gasteiger partial charge in [-0.05, 0) is 18.7 Å². The zero-order valence-corrected chi connectivity index (χ0v) is 8.11. The van der Waals surface area contributed by atoms with Crippen LogP contribution in [0.1, 0.15) is 6.92 Å². The summed E-state index contributed by atoms with van der Waals surface area (Å²) in [7, 11) is 3.21. The van der Waals surface area contributed by atoms with E-state index in [9.17, 15) is 0 Å². The summed E-state index contributed by atoms with van der Waals surface area (Å²) in [5, 5.41) is 0. The lowest BCUT2D eigenvalue weighted by atomic mass is 10.6. The van der Waals surface area contributed by atoms with Crippen molar-refractivity contribution >= 4 is 18.4 Å². The zero-order chi connectivity index (χ0) is 7.78. The van der Waals surface area contributed by atoms with Crippen molar-refractivity contribution in [2.75, 3.05) is 20.8 Å². The van der Waals surface area contributed by atoms with Gasteiger partial charge in [-0.15, -0.1) is 0 Å². The molecule has 2 atom stereocenters. The van der Waals surface area contributed by atoms with Crippen molar-refractivity contribution in [2.45, 2.75) is 13.0 Å². The van der Waals surface area contributed by atoms with E-state index in [2.05, 4.69) is 11.6 Å². The van der Waals surface area contributed by atoms with E-state index in [1.165, 1.54) is 0 Å². The van der Waals surface area contributed by atoms with Crippen LogP contribution in [0.5, 0.6) is 0 Å². The Morgan fingerprint density at radius 3 is 2.00 bits per heavy atom. The van der Waals surface area contributed by atoms with Gasteiger partial charge >= 0.3 is 0 Å². The van der Waals surface area contributed by atoms with E-state index in [0.717, 1.165) is 6.54 Å². The number of rotatable bonds is 3. The molecular formula is C5H12NO2PS. The monoisotopic (exact) mass is 181 g/mol. The molecule has 0 aromatic carbocycles. The summed E-state index contributed by atoms with van der Waals surface area (Å²) in [5.74, 6) is 0. The summed E-state index contributed by atoms with van der Waals surface area (Å²) in [6.45, 7) is 1.09. The van der Waals surface area contributed by atoms with Gasteiger partial charge in [0.15, 0.2) is 0 Å². The maximum Gasteiger partial charge on any atom is 0.263 e. The second-order valence-corrected chi connectivity index (χ2v) is 5.87. The third-order valence-electron chi connectivity index (χ3n) is 1.60. The van der Waals surface area contributed by atoms with Gasteiger partial charge in [-0.1, -0.05) is 0 Å². The van der Waals surface area contributed by atoms with Crippen LogP contribution in [0.3, 0.4) is 0 Å². The van der Waals surface area contributed by atoms with Gasteiger partial charge in [-0.2, -0.15) is 0 Å². The Kier molecular flexibility index (Phi) is 2.48. The Bertz CT molecular complexity index is 167. The van der Waals surface area contributed by atoms with Crippen molar-refractivity contribution in [3.05, 3.63) is 0 Å². The molecular weight excluding hydrogens is 169 g/mol. The second-order valence-electron chi connectivity index (χ2n) is 2.30. The highest BCUT2D eigenvalue weighted by Crippen LogP contribution is 2.57. The highest BCUT2D eigenvalue weighted by molar-refractivity contribution is 8.08. The second kappa shape index (κ2) is 2.88. The molecule has 5 heteroatoms. The minimum atomic E-state index is -2.03. The highest BCUT2D eigenvalue weighted by Gasteiger charge is 2.42. The predicted molar refractivity (Wildman–Crippen MR) is 44.5 cm³/mol. The van der Waals surface area contributed by atoms with Crippen molar-refractivity contribution in [3.63, 3.8) is 0 Å². The first-order valence-electron chi connectivity index (χ1n) is 3.12. The lowest BCUT2D eigenvalue weighted by Gasteiger charge is -2.18. The van der Waals surface area contributed by atoms with Crippen LogP contribution in [0.4, 0.5) is 0 Å². The lowest BCUT2D eigenvalue weighted by Crippen LogP contribution is -2.00. The van der Waals surface area contributed by atoms with Crippen molar-refractivity contribution < 1.29 is 9.05 Å². The third-order valence-corrected chi connectivity index (χ3v) is 5.24. The largest absolute Gasteiger partial charge is 0.321 e. The molecule has 60 valence electrons. The van der Waals surface area contributed by atoms with Crippen molar-refractivity contribution in [3.8, 4) is 0 Å². The Labute approximate surface area is 66.5 Å². The minimum absolute atomic E-state index is 0.547. The van der Waals surface area contributed by atoms with Crippen LogP contribution in [-0.4, -0.2) is 31.5 Å². The van der Waals surface area contributed by atoms with Gasteiger partial charge < -0.3 is 9.05 Å². The first-order chi connectivity index (χ1) is 4.64. The third kappa shape index (κ3) is 1.41. The van der Waals surface area contributed by atoms with Crippen LogP contribution >= 0.6 is 6.64 Å². The lowest BCUT2D eigenvalue weighted by molar-refractivity contribution is 0.308.